The molecule has 1 heterocycles. The van der Waals surface area contributed by atoms with E-state index in [9.17, 15) is 10.1 Å². The molecule has 1 aromatic carbocycles. The van der Waals surface area contributed by atoms with Gasteiger partial charge in [0.2, 0.25) is 11.7 Å². The maximum atomic E-state index is 10.6. The molecule has 0 spiro atoms. The Balaban J connectivity index is 2.29. The van der Waals surface area contributed by atoms with Crippen molar-refractivity contribution >= 4 is 17.2 Å². The first-order chi connectivity index (χ1) is 8.58. The zero-order valence-electron chi connectivity index (χ0n) is 9.24. The molecule has 0 atom stereocenters. The number of hydrogen-bond donors (Lipinski definition) is 2. The Bertz CT molecular complexity index is 601. The first-order valence-corrected chi connectivity index (χ1v) is 5.01. The third kappa shape index (κ3) is 2.29. The van der Waals surface area contributed by atoms with Crippen molar-refractivity contribution < 1.29 is 9.66 Å². The van der Waals surface area contributed by atoms with Crippen molar-refractivity contribution in [2.24, 2.45) is 0 Å². The van der Waals surface area contributed by atoms with Crippen molar-refractivity contribution in [1.29, 1.82) is 0 Å². The Kier molecular flexibility index (Phi) is 2.96. The maximum Gasteiger partial charge on any atom is 0.311 e. The molecule has 0 amide bonds. The number of nitrogens with zero attached hydrogens (tertiary/aromatic N) is 2. The molecule has 0 saturated heterocycles. The summed E-state index contributed by atoms with van der Waals surface area (Å²) in [6.07, 6.45) is 0. The molecule has 1 aromatic heterocycles. The lowest BCUT2D eigenvalue weighted by molar-refractivity contribution is -0.384. The van der Waals surface area contributed by atoms with Gasteiger partial charge < -0.3 is 16.2 Å². The van der Waals surface area contributed by atoms with E-state index in [4.69, 9.17) is 16.2 Å². The second-order valence-electron chi connectivity index (χ2n) is 3.45. The van der Waals surface area contributed by atoms with E-state index in [1.807, 2.05) is 0 Å². The molecular weight excluding hydrogens is 236 g/mol. The van der Waals surface area contributed by atoms with Crippen molar-refractivity contribution in [2.45, 2.75) is 0 Å². The fraction of sp³-hybridized carbons (Fsp3) is 0. The van der Waals surface area contributed by atoms with Crippen LogP contribution in [0.1, 0.15) is 0 Å². The van der Waals surface area contributed by atoms with Gasteiger partial charge in [-0.05, 0) is 12.1 Å². The van der Waals surface area contributed by atoms with Crippen molar-refractivity contribution in [3.05, 3.63) is 46.5 Å². The Morgan fingerprint density at radius 1 is 1.17 bits per heavy atom. The normalized spacial score (nSPS) is 10.0. The van der Waals surface area contributed by atoms with Gasteiger partial charge in [-0.25, -0.2) is 0 Å². The zero-order valence-corrected chi connectivity index (χ0v) is 9.24. The van der Waals surface area contributed by atoms with E-state index >= 15 is 0 Å². The molecule has 2 rings (SSSR count). The number of nitrogen functional groups attached to an aromatic ring is 2. The average molecular weight is 246 g/mol. The SMILES string of the molecule is Nc1ccccc1Oc1ccc([N+](=O)[O-])c(N)n1. The van der Waals surface area contributed by atoms with Crippen LogP contribution in [-0.2, 0) is 0 Å². The number of pyridine rings is 1. The Morgan fingerprint density at radius 2 is 1.89 bits per heavy atom. The van der Waals surface area contributed by atoms with Gasteiger partial charge >= 0.3 is 5.69 Å². The van der Waals surface area contributed by atoms with Gasteiger partial charge in [0.25, 0.3) is 0 Å². The van der Waals surface area contributed by atoms with Gasteiger partial charge in [-0.3, -0.25) is 10.1 Å². The minimum Gasteiger partial charge on any atom is -0.437 e. The summed E-state index contributed by atoms with van der Waals surface area (Å²) in [6, 6.07) is 9.44. The third-order valence-corrected chi connectivity index (χ3v) is 2.21. The number of para-hydroxylation sites is 2. The molecule has 7 nitrogen and oxygen atoms in total. The molecule has 92 valence electrons. The van der Waals surface area contributed by atoms with Gasteiger partial charge in [-0.15, -0.1) is 0 Å². The molecule has 0 saturated carbocycles. The Morgan fingerprint density at radius 3 is 2.50 bits per heavy atom. The highest BCUT2D eigenvalue weighted by molar-refractivity contribution is 5.56. The minimum absolute atomic E-state index is 0.149. The average Bonchev–Trinajstić information content (AvgIpc) is 2.32. The largest absolute Gasteiger partial charge is 0.437 e. The molecule has 18 heavy (non-hydrogen) atoms. The Labute approximate surface area is 102 Å². The molecule has 0 fully saturated rings. The lowest BCUT2D eigenvalue weighted by Gasteiger charge is -2.07. The van der Waals surface area contributed by atoms with Crippen molar-refractivity contribution in [3.63, 3.8) is 0 Å². The van der Waals surface area contributed by atoms with Crippen LogP contribution in [0.2, 0.25) is 0 Å². The van der Waals surface area contributed by atoms with Crippen LogP contribution in [0.4, 0.5) is 17.2 Å². The van der Waals surface area contributed by atoms with Crippen LogP contribution in [0.3, 0.4) is 0 Å². The predicted molar refractivity (Wildman–Crippen MR) is 66.2 cm³/mol. The molecular formula is C11H10N4O3. The maximum absolute atomic E-state index is 10.6. The summed E-state index contributed by atoms with van der Waals surface area (Å²) in [5.74, 6) is 0.362. The third-order valence-electron chi connectivity index (χ3n) is 2.21. The molecule has 7 heteroatoms. The van der Waals surface area contributed by atoms with Crippen LogP contribution < -0.4 is 16.2 Å². The van der Waals surface area contributed by atoms with Crippen molar-refractivity contribution in [3.8, 4) is 11.6 Å². The van der Waals surface area contributed by atoms with Gasteiger partial charge in [-0.2, -0.15) is 4.98 Å². The number of nitro groups is 1. The standard InChI is InChI=1S/C11H10N4O3/c12-7-3-1-2-4-9(7)18-10-6-5-8(15(16)17)11(13)14-10/h1-6H,12H2,(H2,13,14). The summed E-state index contributed by atoms with van der Waals surface area (Å²) in [5.41, 5.74) is 11.3. The number of ether oxygens (including phenoxy) is 1. The van der Waals surface area contributed by atoms with Crippen LogP contribution >= 0.6 is 0 Å². The number of anilines is 2. The van der Waals surface area contributed by atoms with E-state index in [1.165, 1.54) is 12.1 Å². The van der Waals surface area contributed by atoms with Crippen LogP contribution in [-0.4, -0.2) is 9.91 Å². The van der Waals surface area contributed by atoms with Crippen LogP contribution in [0.25, 0.3) is 0 Å². The summed E-state index contributed by atoms with van der Waals surface area (Å²) in [6.45, 7) is 0. The summed E-state index contributed by atoms with van der Waals surface area (Å²) in [4.78, 5) is 13.8. The number of hydrogen-bond acceptors (Lipinski definition) is 6. The molecule has 0 radical (unpaired) electrons. The number of benzene rings is 1. The van der Waals surface area contributed by atoms with Crippen LogP contribution in [0.5, 0.6) is 11.6 Å². The molecule has 4 N–H and O–H groups in total. The Hall–Kier alpha value is -2.83. The van der Waals surface area contributed by atoms with E-state index in [0.717, 1.165) is 0 Å². The summed E-state index contributed by atoms with van der Waals surface area (Å²) < 4.78 is 5.39. The van der Waals surface area contributed by atoms with E-state index in [2.05, 4.69) is 4.98 Å². The van der Waals surface area contributed by atoms with E-state index in [0.29, 0.717) is 11.4 Å². The summed E-state index contributed by atoms with van der Waals surface area (Å²) >= 11 is 0. The van der Waals surface area contributed by atoms with Crippen LogP contribution in [0, 0.1) is 10.1 Å². The first-order valence-electron chi connectivity index (χ1n) is 5.01. The molecule has 0 aliphatic rings. The topological polar surface area (TPSA) is 117 Å². The van der Waals surface area contributed by atoms with E-state index in [-0.39, 0.29) is 17.4 Å². The quantitative estimate of drug-likeness (QED) is 0.485. The van der Waals surface area contributed by atoms with Crippen molar-refractivity contribution in [2.75, 3.05) is 11.5 Å². The first kappa shape index (κ1) is 11.6. The van der Waals surface area contributed by atoms with E-state index < -0.39 is 4.92 Å². The monoisotopic (exact) mass is 246 g/mol. The summed E-state index contributed by atoms with van der Waals surface area (Å²) in [5, 5.41) is 10.6. The smallest absolute Gasteiger partial charge is 0.311 e. The van der Waals surface area contributed by atoms with Gasteiger partial charge in [0.1, 0.15) is 0 Å². The molecule has 0 aliphatic heterocycles. The second kappa shape index (κ2) is 4.58. The molecule has 2 aromatic rings. The van der Waals surface area contributed by atoms with Gasteiger partial charge in [-0.1, -0.05) is 12.1 Å². The number of nitrogens with two attached hydrogens (primary N) is 2. The van der Waals surface area contributed by atoms with Gasteiger partial charge in [0, 0.05) is 12.1 Å². The van der Waals surface area contributed by atoms with E-state index in [1.54, 1.807) is 24.3 Å². The molecule has 0 aliphatic carbocycles. The zero-order chi connectivity index (χ0) is 13.1. The summed E-state index contributed by atoms with van der Waals surface area (Å²) in [7, 11) is 0. The number of aromatic nitrogens is 1. The highest BCUT2D eigenvalue weighted by atomic mass is 16.6. The fourth-order valence-electron chi connectivity index (χ4n) is 1.35. The van der Waals surface area contributed by atoms with Gasteiger partial charge in [0.05, 0.1) is 10.6 Å². The highest BCUT2D eigenvalue weighted by Crippen LogP contribution is 2.28. The minimum atomic E-state index is -0.608. The number of rotatable bonds is 3. The van der Waals surface area contributed by atoms with Crippen molar-refractivity contribution in [1.82, 2.24) is 4.98 Å². The molecule has 0 bridgehead atoms. The predicted octanol–water partition coefficient (Wildman–Crippen LogP) is 1.95. The highest BCUT2D eigenvalue weighted by Gasteiger charge is 2.14. The fourth-order valence-corrected chi connectivity index (χ4v) is 1.35. The lowest BCUT2D eigenvalue weighted by atomic mass is 10.3. The lowest BCUT2D eigenvalue weighted by Crippen LogP contribution is -2.00. The molecule has 0 unspecified atom stereocenters. The van der Waals surface area contributed by atoms with Crippen LogP contribution in [0.15, 0.2) is 36.4 Å². The van der Waals surface area contributed by atoms with Gasteiger partial charge in [0.15, 0.2) is 5.75 Å². The second-order valence-corrected chi connectivity index (χ2v) is 3.45.